The zero-order valence-electron chi connectivity index (χ0n) is 12.6. The van der Waals surface area contributed by atoms with Crippen molar-refractivity contribution >= 4 is 34.3 Å². The number of oxazole rings is 1. The van der Waals surface area contributed by atoms with Crippen LogP contribution in [-0.2, 0) is 4.79 Å². The smallest absolute Gasteiger partial charge is 0.230 e. The summed E-state index contributed by atoms with van der Waals surface area (Å²) < 4.78 is 19.6. The van der Waals surface area contributed by atoms with Gasteiger partial charge in [-0.2, -0.15) is 0 Å². The van der Waals surface area contributed by atoms with Gasteiger partial charge in [-0.15, -0.1) is 0 Å². The van der Waals surface area contributed by atoms with E-state index in [0.29, 0.717) is 16.8 Å². The van der Waals surface area contributed by atoms with Crippen LogP contribution in [0.15, 0.2) is 40.8 Å². The van der Waals surface area contributed by atoms with Gasteiger partial charge in [-0.25, -0.2) is 9.37 Å². The van der Waals surface area contributed by atoms with Crippen molar-refractivity contribution in [3.05, 3.63) is 47.2 Å². The second kappa shape index (κ2) is 6.01. The molecule has 0 aliphatic carbocycles. The SMILES string of the molecule is CC(C)C(=O)Nc1ccc2oc(-c3cccc(Cl)c3F)nc2c1. The Balaban J connectivity index is 1.99. The number of carbonyl (C=O) groups is 1. The van der Waals surface area contributed by atoms with Crippen molar-refractivity contribution in [2.24, 2.45) is 5.92 Å². The van der Waals surface area contributed by atoms with E-state index in [2.05, 4.69) is 10.3 Å². The number of aromatic nitrogens is 1. The third-order valence-corrected chi connectivity index (χ3v) is 3.65. The van der Waals surface area contributed by atoms with Crippen molar-refractivity contribution in [2.75, 3.05) is 5.32 Å². The average molecular weight is 333 g/mol. The van der Waals surface area contributed by atoms with Gasteiger partial charge < -0.3 is 9.73 Å². The topological polar surface area (TPSA) is 55.1 Å². The number of hydrogen-bond acceptors (Lipinski definition) is 3. The number of amides is 1. The number of carbonyl (C=O) groups excluding carboxylic acids is 1. The summed E-state index contributed by atoms with van der Waals surface area (Å²) >= 11 is 5.78. The lowest BCUT2D eigenvalue weighted by Gasteiger charge is -2.06. The molecule has 118 valence electrons. The molecule has 1 N–H and O–H groups in total. The molecule has 0 fully saturated rings. The van der Waals surface area contributed by atoms with E-state index in [4.69, 9.17) is 16.0 Å². The molecule has 2 aromatic carbocycles. The van der Waals surface area contributed by atoms with Crippen molar-refractivity contribution in [3.8, 4) is 11.5 Å². The Morgan fingerprint density at radius 2 is 2.09 bits per heavy atom. The Kier molecular flexibility index (Phi) is 4.05. The first kappa shape index (κ1) is 15.5. The highest BCUT2D eigenvalue weighted by atomic mass is 35.5. The number of fused-ring (bicyclic) bond motifs is 1. The van der Waals surface area contributed by atoms with Crippen LogP contribution >= 0.6 is 11.6 Å². The maximum absolute atomic E-state index is 14.1. The van der Waals surface area contributed by atoms with Crippen molar-refractivity contribution in [3.63, 3.8) is 0 Å². The second-order valence-electron chi connectivity index (χ2n) is 5.45. The molecule has 23 heavy (non-hydrogen) atoms. The Bertz CT molecular complexity index is 889. The molecule has 0 atom stereocenters. The van der Waals surface area contributed by atoms with E-state index in [-0.39, 0.29) is 28.3 Å². The van der Waals surface area contributed by atoms with Crippen LogP contribution in [0.5, 0.6) is 0 Å². The van der Waals surface area contributed by atoms with Crippen molar-refractivity contribution in [2.45, 2.75) is 13.8 Å². The molecule has 0 unspecified atom stereocenters. The number of nitrogens with one attached hydrogen (secondary N) is 1. The summed E-state index contributed by atoms with van der Waals surface area (Å²) in [5.74, 6) is -0.644. The predicted octanol–water partition coefficient (Wildman–Crippen LogP) is 4.88. The van der Waals surface area contributed by atoms with E-state index >= 15 is 0 Å². The molecule has 4 nitrogen and oxygen atoms in total. The van der Waals surface area contributed by atoms with Gasteiger partial charge in [-0.1, -0.05) is 31.5 Å². The summed E-state index contributed by atoms with van der Waals surface area (Å²) in [7, 11) is 0. The van der Waals surface area contributed by atoms with Gasteiger partial charge >= 0.3 is 0 Å². The van der Waals surface area contributed by atoms with E-state index in [9.17, 15) is 9.18 Å². The molecule has 1 heterocycles. The molecule has 1 aromatic heterocycles. The number of halogens is 2. The maximum atomic E-state index is 14.1. The third-order valence-electron chi connectivity index (χ3n) is 3.36. The number of anilines is 1. The van der Waals surface area contributed by atoms with Gasteiger partial charge in [-0.05, 0) is 30.3 Å². The van der Waals surface area contributed by atoms with E-state index in [0.717, 1.165) is 0 Å². The maximum Gasteiger partial charge on any atom is 0.230 e. The molecule has 1 amide bonds. The molecular weight excluding hydrogens is 319 g/mol. The number of hydrogen-bond donors (Lipinski definition) is 1. The second-order valence-corrected chi connectivity index (χ2v) is 5.85. The zero-order chi connectivity index (χ0) is 16.6. The van der Waals surface area contributed by atoms with Crippen LogP contribution < -0.4 is 5.32 Å². The molecule has 6 heteroatoms. The fourth-order valence-corrected chi connectivity index (χ4v) is 2.25. The summed E-state index contributed by atoms with van der Waals surface area (Å²) in [6.45, 7) is 3.62. The zero-order valence-corrected chi connectivity index (χ0v) is 13.3. The van der Waals surface area contributed by atoms with Crippen LogP contribution in [0.4, 0.5) is 10.1 Å². The van der Waals surface area contributed by atoms with Gasteiger partial charge in [0, 0.05) is 11.6 Å². The van der Waals surface area contributed by atoms with Crippen LogP contribution in [0.3, 0.4) is 0 Å². The monoisotopic (exact) mass is 332 g/mol. The molecule has 0 aliphatic rings. The van der Waals surface area contributed by atoms with Gasteiger partial charge in [0.1, 0.15) is 5.52 Å². The Morgan fingerprint density at radius 3 is 2.83 bits per heavy atom. The Morgan fingerprint density at radius 1 is 1.30 bits per heavy atom. The van der Waals surface area contributed by atoms with Crippen molar-refractivity contribution < 1.29 is 13.6 Å². The summed E-state index contributed by atoms with van der Waals surface area (Å²) in [4.78, 5) is 16.0. The fraction of sp³-hybridized carbons (Fsp3) is 0.176. The average Bonchev–Trinajstić information content (AvgIpc) is 2.92. The van der Waals surface area contributed by atoms with E-state index < -0.39 is 5.82 Å². The highest BCUT2D eigenvalue weighted by molar-refractivity contribution is 6.31. The number of benzene rings is 2. The summed E-state index contributed by atoms with van der Waals surface area (Å²) in [5.41, 5.74) is 1.84. The van der Waals surface area contributed by atoms with Crippen LogP contribution in [-0.4, -0.2) is 10.9 Å². The predicted molar refractivity (Wildman–Crippen MR) is 87.9 cm³/mol. The van der Waals surface area contributed by atoms with Gasteiger partial charge in [0.05, 0.1) is 10.6 Å². The fourth-order valence-electron chi connectivity index (χ4n) is 2.08. The molecular formula is C17H14ClFN2O2. The first-order valence-electron chi connectivity index (χ1n) is 7.11. The molecule has 0 saturated carbocycles. The first-order chi connectivity index (χ1) is 11.0. The minimum atomic E-state index is -0.575. The quantitative estimate of drug-likeness (QED) is 0.743. The number of rotatable bonds is 3. The highest BCUT2D eigenvalue weighted by Crippen LogP contribution is 2.30. The highest BCUT2D eigenvalue weighted by Gasteiger charge is 2.15. The van der Waals surface area contributed by atoms with E-state index in [1.165, 1.54) is 6.07 Å². The van der Waals surface area contributed by atoms with Gasteiger partial charge in [0.15, 0.2) is 11.4 Å². The van der Waals surface area contributed by atoms with Crippen LogP contribution in [0.25, 0.3) is 22.6 Å². The van der Waals surface area contributed by atoms with Crippen LogP contribution in [0.1, 0.15) is 13.8 Å². The standard InChI is InChI=1S/C17H14ClFN2O2/c1-9(2)16(22)20-10-6-7-14-13(8-10)21-17(23-14)11-4-3-5-12(18)15(11)19/h3-9H,1-2H3,(H,20,22). The summed E-state index contributed by atoms with van der Waals surface area (Å²) in [6, 6.07) is 9.72. The summed E-state index contributed by atoms with van der Waals surface area (Å²) in [5, 5.41) is 2.80. The van der Waals surface area contributed by atoms with E-state index in [1.54, 1.807) is 30.3 Å². The lowest BCUT2D eigenvalue weighted by molar-refractivity contribution is -0.118. The molecule has 0 aliphatic heterocycles. The lowest BCUT2D eigenvalue weighted by atomic mass is 10.2. The Labute approximate surface area is 137 Å². The molecule has 3 rings (SSSR count). The molecule has 0 spiro atoms. The van der Waals surface area contributed by atoms with Crippen LogP contribution in [0.2, 0.25) is 5.02 Å². The van der Waals surface area contributed by atoms with Gasteiger partial charge in [0.25, 0.3) is 0 Å². The van der Waals surface area contributed by atoms with E-state index in [1.807, 2.05) is 13.8 Å². The van der Waals surface area contributed by atoms with Gasteiger partial charge in [-0.3, -0.25) is 4.79 Å². The summed E-state index contributed by atoms with van der Waals surface area (Å²) in [6.07, 6.45) is 0. The normalized spacial score (nSPS) is 11.2. The molecule has 0 bridgehead atoms. The largest absolute Gasteiger partial charge is 0.436 e. The van der Waals surface area contributed by atoms with Crippen molar-refractivity contribution in [1.82, 2.24) is 4.98 Å². The van der Waals surface area contributed by atoms with Crippen LogP contribution in [0, 0.1) is 11.7 Å². The lowest BCUT2D eigenvalue weighted by Crippen LogP contribution is -2.17. The first-order valence-corrected chi connectivity index (χ1v) is 7.49. The minimum absolute atomic E-state index is 0.00893. The van der Waals surface area contributed by atoms with Crippen molar-refractivity contribution in [1.29, 1.82) is 0 Å². The Hall–Kier alpha value is -2.40. The molecule has 0 saturated heterocycles. The molecule has 3 aromatic rings. The number of nitrogens with zero attached hydrogens (tertiary/aromatic N) is 1. The van der Waals surface area contributed by atoms with Gasteiger partial charge in [0.2, 0.25) is 11.8 Å². The third kappa shape index (κ3) is 3.05. The molecule has 0 radical (unpaired) electrons. The minimum Gasteiger partial charge on any atom is -0.436 e.